The number of thiophene rings is 1. The number of benzene rings is 2. The smallest absolute Gasteiger partial charge is 0.344 e. The van der Waals surface area contributed by atoms with Crippen molar-refractivity contribution < 1.29 is 19.4 Å². The summed E-state index contributed by atoms with van der Waals surface area (Å²) in [5.74, 6) is -0.955. The van der Waals surface area contributed by atoms with Crippen LogP contribution >= 0.6 is 34.7 Å². The predicted octanol–water partition coefficient (Wildman–Crippen LogP) is 6.87. The van der Waals surface area contributed by atoms with Crippen molar-refractivity contribution in [3.63, 3.8) is 0 Å². The molecule has 1 aliphatic heterocycles. The highest BCUT2D eigenvalue weighted by atomic mass is 35.5. The van der Waals surface area contributed by atoms with Gasteiger partial charge >= 0.3 is 5.97 Å². The van der Waals surface area contributed by atoms with Crippen LogP contribution in [0.2, 0.25) is 5.02 Å². The number of ether oxygens (including phenoxy) is 1. The first-order chi connectivity index (χ1) is 18.9. The number of hydrogen-bond donors (Lipinski definition) is 2. The lowest BCUT2D eigenvalue weighted by molar-refractivity contribution is -0.138. The topological polar surface area (TPSA) is 92.9 Å². The van der Waals surface area contributed by atoms with Gasteiger partial charge in [0.15, 0.2) is 0 Å². The van der Waals surface area contributed by atoms with Gasteiger partial charge in [-0.1, -0.05) is 47.6 Å². The molecule has 1 amide bonds. The number of hydrogen-bond acceptors (Lipinski definition) is 7. The van der Waals surface area contributed by atoms with Crippen molar-refractivity contribution in [1.29, 1.82) is 0 Å². The van der Waals surface area contributed by atoms with Gasteiger partial charge in [0.05, 0.1) is 23.7 Å². The zero-order valence-corrected chi connectivity index (χ0v) is 23.3. The van der Waals surface area contributed by atoms with Gasteiger partial charge in [-0.25, -0.2) is 9.79 Å². The number of esters is 1. The van der Waals surface area contributed by atoms with Crippen LogP contribution in [0.5, 0.6) is 0 Å². The molecule has 4 aromatic rings. The molecule has 2 aromatic carbocycles. The van der Waals surface area contributed by atoms with E-state index in [1.54, 1.807) is 48.6 Å². The minimum absolute atomic E-state index is 0.0137. The lowest BCUT2D eigenvalue weighted by Gasteiger charge is -2.06. The van der Waals surface area contributed by atoms with Crippen LogP contribution < -0.4 is 5.32 Å². The van der Waals surface area contributed by atoms with Gasteiger partial charge in [0, 0.05) is 32.6 Å². The molecule has 198 valence electrons. The number of halogens is 1. The second-order valence-corrected chi connectivity index (χ2v) is 11.0. The number of aliphatic imine (C=N–C) groups is 1. The fourth-order valence-corrected chi connectivity index (χ4v) is 5.89. The summed E-state index contributed by atoms with van der Waals surface area (Å²) in [6, 6.07) is 18.5. The number of aromatic nitrogens is 1. The van der Waals surface area contributed by atoms with Gasteiger partial charge in [0.25, 0.3) is 0 Å². The lowest BCUT2D eigenvalue weighted by atomic mass is 10.1. The summed E-state index contributed by atoms with van der Waals surface area (Å²) >= 11 is 8.77. The summed E-state index contributed by atoms with van der Waals surface area (Å²) < 4.78 is 7.08. The average Bonchev–Trinajstić information content (AvgIpc) is 3.64. The first-order valence-corrected chi connectivity index (χ1v) is 14.2. The number of aliphatic hydroxyl groups is 1. The molecule has 0 radical (unpaired) electrons. The number of thioether (sulfide) groups is 1. The van der Waals surface area contributed by atoms with Crippen LogP contribution in [0.1, 0.15) is 17.4 Å². The Morgan fingerprint density at radius 1 is 1.13 bits per heavy atom. The summed E-state index contributed by atoms with van der Waals surface area (Å²) in [5.41, 5.74) is 2.27. The Morgan fingerprint density at radius 2 is 1.92 bits per heavy atom. The first kappa shape index (κ1) is 26.8. The zero-order valence-electron chi connectivity index (χ0n) is 20.9. The highest BCUT2D eigenvalue weighted by Crippen LogP contribution is 2.41. The molecule has 0 saturated heterocycles. The Morgan fingerprint density at radius 3 is 2.67 bits per heavy atom. The van der Waals surface area contributed by atoms with E-state index in [4.69, 9.17) is 16.3 Å². The maximum Gasteiger partial charge on any atom is 0.344 e. The second-order valence-electron chi connectivity index (χ2n) is 8.53. The minimum atomic E-state index is -0.650. The van der Waals surface area contributed by atoms with Gasteiger partial charge in [-0.3, -0.25) is 4.79 Å². The third-order valence-electron chi connectivity index (χ3n) is 5.89. The summed E-state index contributed by atoms with van der Waals surface area (Å²) in [5, 5.41) is 17.8. The maximum absolute atomic E-state index is 12.8. The number of amides is 1. The fraction of sp³-hybridized carbons (Fsp3) is 0.138. The molecule has 7 nitrogen and oxygen atoms in total. The van der Waals surface area contributed by atoms with Crippen molar-refractivity contribution in [1.82, 2.24) is 9.88 Å². The van der Waals surface area contributed by atoms with Crippen LogP contribution in [-0.4, -0.2) is 33.2 Å². The molecule has 0 fully saturated rings. The summed E-state index contributed by atoms with van der Waals surface area (Å²) in [6.45, 7) is 2.49. The van der Waals surface area contributed by atoms with E-state index >= 15 is 0 Å². The van der Waals surface area contributed by atoms with Crippen molar-refractivity contribution in [2.45, 2.75) is 20.0 Å². The van der Waals surface area contributed by atoms with Gasteiger partial charge in [0.2, 0.25) is 5.91 Å². The highest BCUT2D eigenvalue weighted by Gasteiger charge is 2.33. The molecule has 5 rings (SSSR count). The Labute approximate surface area is 238 Å². The van der Waals surface area contributed by atoms with E-state index in [-0.39, 0.29) is 30.4 Å². The molecule has 0 spiro atoms. The fourth-order valence-electron chi connectivity index (χ4n) is 4.10. The molecule has 1 aliphatic rings. The number of nitrogens with zero attached hydrogens (tertiary/aromatic N) is 2. The molecule has 0 saturated carbocycles. The predicted molar refractivity (Wildman–Crippen MR) is 159 cm³/mol. The molecule has 0 atom stereocenters. The van der Waals surface area contributed by atoms with Crippen LogP contribution in [0.25, 0.3) is 17.0 Å². The van der Waals surface area contributed by atoms with Crippen molar-refractivity contribution >= 4 is 74.3 Å². The monoisotopic (exact) mass is 577 g/mol. The number of fused-ring (bicyclic) bond motifs is 1. The highest BCUT2D eigenvalue weighted by molar-refractivity contribution is 8.18. The van der Waals surface area contributed by atoms with E-state index in [0.717, 1.165) is 21.3 Å². The van der Waals surface area contributed by atoms with E-state index in [1.165, 1.54) is 11.8 Å². The molecule has 0 bridgehead atoms. The summed E-state index contributed by atoms with van der Waals surface area (Å²) in [4.78, 5) is 31.6. The van der Waals surface area contributed by atoms with E-state index in [0.29, 0.717) is 27.2 Å². The number of nitrogens with one attached hydrogen (secondary N) is 1. The zero-order chi connectivity index (χ0) is 27.4. The molecule has 2 N–H and O–H groups in total. The van der Waals surface area contributed by atoms with Crippen molar-refractivity contribution in [3.05, 3.63) is 104 Å². The Balaban J connectivity index is 1.47. The Hall–Kier alpha value is -3.79. The van der Waals surface area contributed by atoms with Crippen molar-refractivity contribution in [2.24, 2.45) is 4.99 Å². The Bertz CT molecular complexity index is 1620. The van der Waals surface area contributed by atoms with Crippen molar-refractivity contribution in [2.75, 3.05) is 6.61 Å². The lowest BCUT2D eigenvalue weighted by Crippen LogP contribution is -2.26. The van der Waals surface area contributed by atoms with Crippen LogP contribution in [-0.2, 0) is 27.4 Å². The van der Waals surface area contributed by atoms with E-state index in [2.05, 4.69) is 10.3 Å². The standard InChI is InChI=1S/C29H24ClN3O4S2/c1-2-37-29(36)26-27(35)24(39-28(26)32-20-11-9-19(30)10-12-20)14-18-16-33(23-8-4-3-7-22(18)23)17-25(34)31-15-21-6-5-13-38-21/h3-14,16,35H,2,15,17H2,1H3,(H,31,34)/b24-14-,32-28?. The quantitative estimate of drug-likeness (QED) is 0.223. The third-order valence-corrected chi connectivity index (χ3v) is 8.04. The number of carbonyl (C=O) groups excluding carboxylic acids is 2. The van der Waals surface area contributed by atoms with Crippen LogP contribution in [0.3, 0.4) is 0 Å². The molecular formula is C29H24ClN3O4S2. The molecule has 39 heavy (non-hydrogen) atoms. The molecule has 0 unspecified atom stereocenters. The van der Waals surface area contributed by atoms with Crippen LogP contribution in [0.4, 0.5) is 5.69 Å². The van der Waals surface area contributed by atoms with Crippen molar-refractivity contribution in [3.8, 4) is 0 Å². The maximum atomic E-state index is 12.8. The summed E-state index contributed by atoms with van der Waals surface area (Å²) in [7, 11) is 0. The molecule has 2 aromatic heterocycles. The van der Waals surface area contributed by atoms with Gasteiger partial charge in [-0.2, -0.15) is 0 Å². The molecule has 3 heterocycles. The molecule has 0 aliphatic carbocycles. The van der Waals surface area contributed by atoms with Gasteiger partial charge in [0.1, 0.15) is 22.9 Å². The minimum Gasteiger partial charge on any atom is -0.506 e. The second kappa shape index (κ2) is 11.9. The van der Waals surface area contributed by atoms with E-state index in [1.807, 2.05) is 52.5 Å². The van der Waals surface area contributed by atoms with E-state index < -0.39 is 5.97 Å². The number of para-hydroxylation sites is 1. The average molecular weight is 578 g/mol. The van der Waals surface area contributed by atoms with Crippen LogP contribution in [0, 0.1) is 0 Å². The third kappa shape index (κ3) is 6.11. The van der Waals surface area contributed by atoms with Gasteiger partial charge in [-0.15, -0.1) is 11.3 Å². The van der Waals surface area contributed by atoms with E-state index in [9.17, 15) is 14.7 Å². The molecule has 10 heteroatoms. The van der Waals surface area contributed by atoms with Gasteiger partial charge in [-0.05, 0) is 54.8 Å². The number of carbonyl (C=O) groups is 2. The Kier molecular flexibility index (Phi) is 8.21. The summed E-state index contributed by atoms with van der Waals surface area (Å²) in [6.07, 6.45) is 3.67. The molecular weight excluding hydrogens is 554 g/mol. The number of rotatable bonds is 8. The normalized spacial score (nSPS) is 15.4. The SMILES string of the molecule is CCOC(=O)C1=C(O)/C(=C/c2cn(CC(=O)NCc3cccs3)c3ccccc23)SC1=Nc1ccc(Cl)cc1. The van der Waals surface area contributed by atoms with Crippen LogP contribution in [0.15, 0.2) is 93.5 Å². The first-order valence-electron chi connectivity index (χ1n) is 12.1. The van der Waals surface area contributed by atoms with Gasteiger partial charge < -0.3 is 19.7 Å². The largest absolute Gasteiger partial charge is 0.506 e. The number of aliphatic hydroxyl groups excluding tert-OH is 1.